The number of rotatable bonds is 7. The first-order chi connectivity index (χ1) is 12.3. The van der Waals surface area contributed by atoms with Gasteiger partial charge in [0, 0.05) is 6.54 Å². The molecular weight excluding hydrogens is 334 g/mol. The average molecular weight is 354 g/mol. The van der Waals surface area contributed by atoms with Gasteiger partial charge in [0.25, 0.3) is 0 Å². The van der Waals surface area contributed by atoms with E-state index in [2.05, 4.69) is 5.32 Å². The predicted octanol–water partition coefficient (Wildman–Crippen LogP) is 5.54. The number of anilines is 1. The van der Waals surface area contributed by atoms with E-state index < -0.39 is 0 Å². The second kappa shape index (κ2) is 8.45. The van der Waals surface area contributed by atoms with Gasteiger partial charge in [-0.25, -0.2) is 0 Å². The number of hydrogen-bond donors (Lipinski definition) is 1. The topological polar surface area (TPSA) is 30.5 Å². The highest BCUT2D eigenvalue weighted by Gasteiger charge is 2.07. The van der Waals surface area contributed by atoms with Gasteiger partial charge in [-0.3, -0.25) is 0 Å². The zero-order chi connectivity index (χ0) is 17.5. The Labute approximate surface area is 153 Å². The number of benzene rings is 3. The molecule has 128 valence electrons. The van der Waals surface area contributed by atoms with Crippen LogP contribution in [0.25, 0.3) is 0 Å². The van der Waals surface area contributed by atoms with E-state index in [4.69, 9.17) is 21.1 Å². The highest BCUT2D eigenvalue weighted by Crippen LogP contribution is 2.29. The van der Waals surface area contributed by atoms with Crippen molar-refractivity contribution in [2.24, 2.45) is 0 Å². The molecule has 3 aromatic rings. The molecule has 0 spiro atoms. The quantitative estimate of drug-likeness (QED) is 0.605. The van der Waals surface area contributed by atoms with Gasteiger partial charge < -0.3 is 14.8 Å². The summed E-state index contributed by atoms with van der Waals surface area (Å²) in [6.07, 6.45) is 0. The van der Waals surface area contributed by atoms with Crippen molar-refractivity contribution in [3.05, 3.63) is 88.9 Å². The molecule has 0 bridgehead atoms. The van der Waals surface area contributed by atoms with Crippen LogP contribution >= 0.6 is 11.6 Å². The summed E-state index contributed by atoms with van der Waals surface area (Å²) in [7, 11) is 1.65. The molecule has 0 atom stereocenters. The Hall–Kier alpha value is -2.65. The molecule has 0 fully saturated rings. The number of nitrogens with one attached hydrogen (secondary N) is 1. The molecule has 0 radical (unpaired) electrons. The van der Waals surface area contributed by atoms with Gasteiger partial charge in [-0.05, 0) is 35.4 Å². The molecule has 1 N–H and O–H groups in total. The first kappa shape index (κ1) is 17.2. The minimum Gasteiger partial charge on any atom is -0.493 e. The van der Waals surface area contributed by atoms with E-state index in [0.717, 1.165) is 28.3 Å². The largest absolute Gasteiger partial charge is 0.493 e. The second-order valence-corrected chi connectivity index (χ2v) is 6.00. The van der Waals surface area contributed by atoms with Crippen molar-refractivity contribution < 1.29 is 9.47 Å². The average Bonchev–Trinajstić information content (AvgIpc) is 2.67. The fourth-order valence-corrected chi connectivity index (χ4v) is 2.68. The van der Waals surface area contributed by atoms with E-state index in [-0.39, 0.29) is 0 Å². The van der Waals surface area contributed by atoms with Crippen LogP contribution in [-0.2, 0) is 13.2 Å². The first-order valence-electron chi connectivity index (χ1n) is 8.08. The molecule has 4 heteroatoms. The van der Waals surface area contributed by atoms with Crippen LogP contribution in [0.1, 0.15) is 11.1 Å². The predicted molar refractivity (Wildman–Crippen MR) is 103 cm³/mol. The van der Waals surface area contributed by atoms with Crippen molar-refractivity contribution in [1.82, 2.24) is 0 Å². The Morgan fingerprint density at radius 3 is 2.36 bits per heavy atom. The van der Waals surface area contributed by atoms with Crippen molar-refractivity contribution in [3.63, 3.8) is 0 Å². The van der Waals surface area contributed by atoms with Gasteiger partial charge >= 0.3 is 0 Å². The number of hydrogen-bond acceptors (Lipinski definition) is 3. The maximum absolute atomic E-state index is 6.17. The third kappa shape index (κ3) is 4.68. The molecule has 0 aliphatic heterocycles. The van der Waals surface area contributed by atoms with Gasteiger partial charge in [0.15, 0.2) is 11.5 Å². The van der Waals surface area contributed by atoms with Crippen molar-refractivity contribution in [2.75, 3.05) is 12.4 Å². The third-order valence-corrected chi connectivity index (χ3v) is 4.15. The normalized spacial score (nSPS) is 10.3. The summed E-state index contributed by atoms with van der Waals surface area (Å²) in [6.45, 7) is 1.16. The maximum Gasteiger partial charge on any atom is 0.161 e. The molecule has 0 aromatic heterocycles. The van der Waals surface area contributed by atoms with E-state index in [1.165, 1.54) is 0 Å². The maximum atomic E-state index is 6.17. The number of methoxy groups -OCH3 is 1. The molecule has 0 heterocycles. The number of halogens is 1. The van der Waals surface area contributed by atoms with E-state index >= 15 is 0 Å². The monoisotopic (exact) mass is 353 g/mol. The van der Waals surface area contributed by atoms with Crippen LogP contribution < -0.4 is 14.8 Å². The van der Waals surface area contributed by atoms with Crippen LogP contribution in [0.2, 0.25) is 5.02 Å². The smallest absolute Gasteiger partial charge is 0.161 e. The molecule has 0 saturated carbocycles. The summed E-state index contributed by atoms with van der Waals surface area (Å²) in [4.78, 5) is 0. The van der Waals surface area contributed by atoms with Gasteiger partial charge in [0.1, 0.15) is 6.61 Å². The lowest BCUT2D eigenvalue weighted by atomic mass is 10.2. The summed E-state index contributed by atoms with van der Waals surface area (Å²) in [5.74, 6) is 1.45. The van der Waals surface area contributed by atoms with Gasteiger partial charge in [0.2, 0.25) is 0 Å². The minimum atomic E-state index is 0.508. The van der Waals surface area contributed by atoms with Crippen molar-refractivity contribution >= 4 is 17.3 Å². The molecule has 3 rings (SSSR count). The van der Waals surface area contributed by atoms with Crippen LogP contribution in [0.15, 0.2) is 72.8 Å². The van der Waals surface area contributed by atoms with Crippen LogP contribution in [0.4, 0.5) is 5.69 Å². The molecule has 0 unspecified atom stereocenters. The van der Waals surface area contributed by atoms with E-state index in [9.17, 15) is 0 Å². The summed E-state index contributed by atoms with van der Waals surface area (Å²) in [5.41, 5.74) is 3.12. The van der Waals surface area contributed by atoms with Crippen LogP contribution in [-0.4, -0.2) is 7.11 Å². The summed E-state index contributed by atoms with van der Waals surface area (Å²) in [6, 6.07) is 23.7. The zero-order valence-corrected chi connectivity index (χ0v) is 14.8. The summed E-state index contributed by atoms with van der Waals surface area (Å²) in [5, 5.41) is 4.04. The minimum absolute atomic E-state index is 0.508. The SMILES string of the molecule is COc1cc(CNc2ccccc2Cl)ccc1OCc1ccccc1. The molecule has 25 heavy (non-hydrogen) atoms. The fraction of sp³-hybridized carbons (Fsp3) is 0.143. The van der Waals surface area contributed by atoms with Gasteiger partial charge in [0.05, 0.1) is 17.8 Å². The summed E-state index contributed by atoms with van der Waals surface area (Å²) >= 11 is 6.17. The van der Waals surface area contributed by atoms with Crippen LogP contribution in [0, 0.1) is 0 Å². The van der Waals surface area contributed by atoms with Gasteiger partial charge in [-0.15, -0.1) is 0 Å². The lowest BCUT2D eigenvalue weighted by Gasteiger charge is -2.13. The van der Waals surface area contributed by atoms with Gasteiger partial charge in [-0.2, -0.15) is 0 Å². The third-order valence-electron chi connectivity index (χ3n) is 3.82. The second-order valence-electron chi connectivity index (χ2n) is 5.59. The lowest BCUT2D eigenvalue weighted by molar-refractivity contribution is 0.284. The standard InChI is InChI=1S/C21H20ClNO2/c1-24-21-13-17(14-23-19-10-6-5-9-18(19)22)11-12-20(21)25-15-16-7-3-2-4-8-16/h2-13,23H,14-15H2,1H3. The lowest BCUT2D eigenvalue weighted by Crippen LogP contribution is -2.02. The van der Waals surface area contributed by atoms with Crippen LogP contribution in [0.5, 0.6) is 11.5 Å². The fourth-order valence-electron chi connectivity index (χ4n) is 2.48. The highest BCUT2D eigenvalue weighted by molar-refractivity contribution is 6.33. The van der Waals surface area contributed by atoms with Gasteiger partial charge in [-0.1, -0.05) is 60.1 Å². The Balaban J connectivity index is 1.66. The Morgan fingerprint density at radius 1 is 0.840 bits per heavy atom. The highest BCUT2D eigenvalue weighted by atomic mass is 35.5. The van der Waals surface area contributed by atoms with Crippen molar-refractivity contribution in [2.45, 2.75) is 13.2 Å². The molecular formula is C21H20ClNO2. The number of ether oxygens (including phenoxy) is 2. The van der Waals surface area contributed by atoms with E-state index in [1.54, 1.807) is 7.11 Å². The molecule has 0 saturated heterocycles. The van der Waals surface area contributed by atoms with Crippen LogP contribution in [0.3, 0.4) is 0 Å². The molecule has 0 amide bonds. The van der Waals surface area contributed by atoms with Crippen molar-refractivity contribution in [1.29, 1.82) is 0 Å². The molecule has 0 aliphatic rings. The van der Waals surface area contributed by atoms with E-state index in [0.29, 0.717) is 18.2 Å². The summed E-state index contributed by atoms with van der Waals surface area (Å²) < 4.78 is 11.4. The Kier molecular flexibility index (Phi) is 5.81. The van der Waals surface area contributed by atoms with E-state index in [1.807, 2.05) is 72.8 Å². The molecule has 3 nitrogen and oxygen atoms in total. The zero-order valence-electron chi connectivity index (χ0n) is 14.0. The molecule has 3 aromatic carbocycles. The first-order valence-corrected chi connectivity index (χ1v) is 8.46. The molecule has 0 aliphatic carbocycles. The Bertz CT molecular complexity index is 821. The number of para-hydroxylation sites is 1. The Morgan fingerprint density at radius 2 is 1.60 bits per heavy atom. The van der Waals surface area contributed by atoms with Crippen molar-refractivity contribution in [3.8, 4) is 11.5 Å².